The predicted octanol–water partition coefficient (Wildman–Crippen LogP) is 5.95. The van der Waals surface area contributed by atoms with Crippen LogP contribution in [0.25, 0.3) is 5.57 Å². The maximum absolute atomic E-state index is 13.4. The van der Waals surface area contributed by atoms with Gasteiger partial charge in [0.15, 0.2) is 0 Å². The van der Waals surface area contributed by atoms with Gasteiger partial charge < -0.3 is 4.90 Å². The van der Waals surface area contributed by atoms with Crippen LogP contribution in [-0.2, 0) is 9.59 Å². The second-order valence-corrected chi connectivity index (χ2v) is 10.2. The lowest BCUT2D eigenvalue weighted by atomic mass is 9.91. The highest BCUT2D eigenvalue weighted by atomic mass is 32.1. The molecule has 0 aliphatic carbocycles. The van der Waals surface area contributed by atoms with E-state index in [1.165, 1.54) is 49.8 Å². The molecule has 3 heterocycles. The molecule has 2 atom stereocenters. The fourth-order valence-corrected chi connectivity index (χ4v) is 5.71. The Morgan fingerprint density at radius 3 is 2.17 bits per heavy atom. The minimum atomic E-state index is -0.0914. The van der Waals surface area contributed by atoms with Crippen molar-refractivity contribution >= 4 is 28.7 Å². The molecule has 0 saturated carbocycles. The number of rotatable bonds is 11. The third kappa shape index (κ3) is 5.54. The number of nitrogens with zero attached hydrogens (tertiary/aromatic N) is 2. The van der Waals surface area contributed by atoms with Gasteiger partial charge in [-0.3, -0.25) is 14.5 Å². The van der Waals surface area contributed by atoms with Crippen LogP contribution in [0, 0.1) is 11.8 Å². The molecule has 166 valence electrons. The summed E-state index contributed by atoms with van der Waals surface area (Å²) in [4.78, 5) is 31.3. The van der Waals surface area contributed by atoms with Crippen LogP contribution < -0.4 is 0 Å². The monoisotopic (exact) mass is 430 g/mol. The molecule has 1 aromatic rings. The first-order chi connectivity index (χ1) is 14.5. The summed E-state index contributed by atoms with van der Waals surface area (Å²) in [6.07, 6.45) is 10.9. The van der Waals surface area contributed by atoms with Gasteiger partial charge in [-0.05, 0) is 36.1 Å². The van der Waals surface area contributed by atoms with E-state index >= 15 is 0 Å². The van der Waals surface area contributed by atoms with Crippen LogP contribution in [-0.4, -0.2) is 41.2 Å². The number of hydrogen-bond acceptors (Lipinski definition) is 4. The van der Waals surface area contributed by atoms with E-state index in [9.17, 15) is 9.59 Å². The first-order valence-electron chi connectivity index (χ1n) is 11.9. The molecule has 2 amide bonds. The quantitative estimate of drug-likeness (QED) is 0.322. The summed E-state index contributed by atoms with van der Waals surface area (Å²) < 4.78 is 0. The average Bonchev–Trinajstić information content (AvgIpc) is 3.30. The van der Waals surface area contributed by atoms with Crippen LogP contribution in [0.3, 0.4) is 0 Å². The molecular weight excluding hydrogens is 392 g/mol. The minimum absolute atomic E-state index is 0.0763. The number of hydrogen-bond donors (Lipinski definition) is 0. The molecule has 30 heavy (non-hydrogen) atoms. The summed E-state index contributed by atoms with van der Waals surface area (Å²) in [5.74, 6) is 0.907. The van der Waals surface area contributed by atoms with Gasteiger partial charge in [0.05, 0.1) is 5.57 Å². The zero-order chi connectivity index (χ0) is 21.5. The Morgan fingerprint density at radius 2 is 1.57 bits per heavy atom. The number of imide groups is 1. The second-order valence-electron chi connectivity index (χ2n) is 9.29. The summed E-state index contributed by atoms with van der Waals surface area (Å²) in [7, 11) is 0. The van der Waals surface area contributed by atoms with E-state index in [1.54, 1.807) is 11.3 Å². The van der Waals surface area contributed by atoms with Crippen LogP contribution in [0.5, 0.6) is 0 Å². The lowest BCUT2D eigenvalue weighted by Gasteiger charge is -2.37. The van der Waals surface area contributed by atoms with Crippen molar-refractivity contribution in [3.8, 4) is 0 Å². The molecule has 0 aromatic carbocycles. The normalized spacial score (nSPS) is 22.5. The molecule has 0 radical (unpaired) electrons. The van der Waals surface area contributed by atoms with Crippen LogP contribution in [0.2, 0.25) is 0 Å². The maximum atomic E-state index is 13.4. The number of likely N-dealkylation sites (tertiary alicyclic amines) is 1. The van der Waals surface area contributed by atoms with Gasteiger partial charge in [-0.2, -0.15) is 0 Å². The van der Waals surface area contributed by atoms with Crippen LogP contribution in [0.15, 0.2) is 23.2 Å². The summed E-state index contributed by atoms with van der Waals surface area (Å²) in [5, 5.41) is 1.99. The first-order valence-corrected chi connectivity index (χ1v) is 12.8. The van der Waals surface area contributed by atoms with Crippen molar-refractivity contribution in [2.45, 2.75) is 78.6 Å². The van der Waals surface area contributed by atoms with Crippen molar-refractivity contribution < 1.29 is 9.59 Å². The third-order valence-corrected chi connectivity index (χ3v) is 7.22. The smallest absolute Gasteiger partial charge is 0.277 e. The number of thiophene rings is 1. The van der Waals surface area contributed by atoms with Gasteiger partial charge in [0.25, 0.3) is 11.8 Å². The van der Waals surface area contributed by atoms with Gasteiger partial charge in [-0.25, -0.2) is 0 Å². The Balaban J connectivity index is 1.65. The molecular formula is C25H38N2O2S. The number of carbonyl (C=O) groups is 2. The van der Waals surface area contributed by atoms with E-state index < -0.39 is 0 Å². The van der Waals surface area contributed by atoms with Crippen molar-refractivity contribution in [2.75, 3.05) is 19.6 Å². The van der Waals surface area contributed by atoms with Crippen molar-refractivity contribution in [3.05, 3.63) is 28.1 Å². The minimum Gasteiger partial charge on any atom is -0.366 e. The Bertz CT molecular complexity index is 730. The number of carbonyl (C=O) groups excluding carboxylic acids is 2. The molecule has 5 heteroatoms. The SMILES string of the molecule is CCCCCCCCCCN1C(=O)C(c2cccs2)=C(N2CC(C)CC(C)C2)C1=O. The van der Waals surface area contributed by atoms with Gasteiger partial charge in [-0.15, -0.1) is 11.3 Å². The Morgan fingerprint density at radius 1 is 0.933 bits per heavy atom. The van der Waals surface area contributed by atoms with E-state index in [-0.39, 0.29) is 11.8 Å². The zero-order valence-corrected chi connectivity index (χ0v) is 19.8. The number of piperidine rings is 1. The molecule has 0 spiro atoms. The molecule has 0 N–H and O–H groups in total. The highest BCUT2D eigenvalue weighted by Gasteiger charge is 2.42. The largest absolute Gasteiger partial charge is 0.366 e. The molecule has 2 unspecified atom stereocenters. The van der Waals surface area contributed by atoms with Crippen LogP contribution in [0.4, 0.5) is 0 Å². The average molecular weight is 431 g/mol. The first kappa shape index (κ1) is 23.1. The molecule has 4 nitrogen and oxygen atoms in total. The summed E-state index contributed by atoms with van der Waals surface area (Å²) >= 11 is 1.55. The zero-order valence-electron chi connectivity index (χ0n) is 19.0. The van der Waals surface area contributed by atoms with Gasteiger partial charge in [0.2, 0.25) is 0 Å². The molecule has 2 aliphatic rings. The van der Waals surface area contributed by atoms with Gasteiger partial charge >= 0.3 is 0 Å². The maximum Gasteiger partial charge on any atom is 0.277 e. The molecule has 1 aromatic heterocycles. The highest BCUT2D eigenvalue weighted by molar-refractivity contribution is 7.11. The lowest BCUT2D eigenvalue weighted by Crippen LogP contribution is -2.42. The third-order valence-electron chi connectivity index (χ3n) is 6.33. The molecule has 1 fully saturated rings. The number of amides is 2. The topological polar surface area (TPSA) is 40.6 Å². The van der Waals surface area contributed by atoms with E-state index in [0.29, 0.717) is 29.7 Å². The van der Waals surface area contributed by atoms with Crippen molar-refractivity contribution in [3.63, 3.8) is 0 Å². The predicted molar refractivity (Wildman–Crippen MR) is 125 cm³/mol. The van der Waals surface area contributed by atoms with Crippen LogP contribution in [0.1, 0.15) is 83.4 Å². The van der Waals surface area contributed by atoms with E-state index in [4.69, 9.17) is 0 Å². The van der Waals surface area contributed by atoms with Gasteiger partial charge in [-0.1, -0.05) is 71.8 Å². The van der Waals surface area contributed by atoms with Crippen LogP contribution >= 0.6 is 11.3 Å². The molecule has 0 bridgehead atoms. The highest BCUT2D eigenvalue weighted by Crippen LogP contribution is 2.36. The van der Waals surface area contributed by atoms with Gasteiger partial charge in [0, 0.05) is 24.5 Å². The summed E-state index contributed by atoms with van der Waals surface area (Å²) in [6, 6.07) is 3.94. The fourth-order valence-electron chi connectivity index (χ4n) is 4.95. The van der Waals surface area contributed by atoms with E-state index in [1.807, 2.05) is 17.5 Å². The lowest BCUT2D eigenvalue weighted by molar-refractivity contribution is -0.137. The Labute approximate surface area is 186 Å². The molecule has 2 aliphatic heterocycles. The van der Waals surface area contributed by atoms with Crippen molar-refractivity contribution in [2.24, 2.45) is 11.8 Å². The Hall–Kier alpha value is -1.62. The van der Waals surface area contributed by atoms with Crippen molar-refractivity contribution in [1.29, 1.82) is 0 Å². The summed E-state index contributed by atoms with van der Waals surface area (Å²) in [5.41, 5.74) is 1.29. The van der Waals surface area contributed by atoms with E-state index in [2.05, 4.69) is 25.7 Å². The molecule has 3 rings (SSSR count). The van der Waals surface area contributed by atoms with Gasteiger partial charge in [0.1, 0.15) is 5.70 Å². The second kappa shape index (κ2) is 11.1. The number of unbranched alkanes of at least 4 members (excludes halogenated alkanes) is 7. The fraction of sp³-hybridized carbons (Fsp3) is 0.680. The Kier molecular flexibility index (Phi) is 8.55. The summed E-state index contributed by atoms with van der Waals surface area (Å²) in [6.45, 7) is 8.99. The van der Waals surface area contributed by atoms with E-state index in [0.717, 1.165) is 30.8 Å². The standard InChI is InChI=1S/C25H38N2O2S/c1-4-5-6-7-8-9-10-11-14-27-24(28)22(21-13-12-15-30-21)23(25(27)29)26-17-19(2)16-20(3)18-26/h12-13,15,19-20H,4-11,14,16-18H2,1-3H3. The van der Waals surface area contributed by atoms with Crippen molar-refractivity contribution in [1.82, 2.24) is 9.80 Å². The molecule has 1 saturated heterocycles.